The molecule has 1 fully saturated rings. The van der Waals surface area contributed by atoms with E-state index in [1.54, 1.807) is 0 Å². The second-order valence-corrected chi connectivity index (χ2v) is 12.7. The van der Waals surface area contributed by atoms with Crippen LogP contribution < -0.4 is 0 Å². The van der Waals surface area contributed by atoms with Crippen LogP contribution in [0.15, 0.2) is 24.3 Å². The fourth-order valence-corrected chi connectivity index (χ4v) is 5.39. The van der Waals surface area contributed by atoms with Crippen molar-refractivity contribution < 1.29 is 44.2 Å². The van der Waals surface area contributed by atoms with Crippen molar-refractivity contribution in [2.75, 3.05) is 26.4 Å². The number of ether oxygens (including phenoxy) is 4. The summed E-state index contributed by atoms with van der Waals surface area (Å²) in [6.45, 7) is 4.45. The normalized spacial score (nSPS) is 22.6. The van der Waals surface area contributed by atoms with Gasteiger partial charge in [-0.15, -0.1) is 0 Å². The molecule has 0 spiro atoms. The zero-order valence-corrected chi connectivity index (χ0v) is 29.1. The maximum absolute atomic E-state index is 12.6. The number of carbonyl (C=O) groups is 1. The third-order valence-electron chi connectivity index (χ3n) is 8.37. The van der Waals surface area contributed by atoms with Crippen LogP contribution in [0.2, 0.25) is 0 Å². The van der Waals surface area contributed by atoms with Gasteiger partial charge < -0.3 is 39.4 Å². The molecule has 0 aromatic heterocycles. The van der Waals surface area contributed by atoms with Crippen LogP contribution in [0.3, 0.4) is 0 Å². The molecule has 1 saturated heterocycles. The predicted octanol–water partition coefficient (Wildman–Crippen LogP) is 6.69. The number of aliphatic hydroxyl groups is 4. The van der Waals surface area contributed by atoms with Gasteiger partial charge in [-0.05, 0) is 38.5 Å². The third kappa shape index (κ3) is 21.5. The molecule has 4 N–H and O–H groups in total. The van der Waals surface area contributed by atoms with Crippen molar-refractivity contribution in [2.45, 2.75) is 179 Å². The SMILES string of the molecule is CCCC/C=C\C/C=C\CCCCCCCCOCC(COC1OC(CO)C(O)C(O)C1O)OC(=O)CCCCCCCCCC. The number of carbonyl (C=O) groups excluding carboxylic acids is 1. The van der Waals surface area contributed by atoms with Crippen LogP contribution in [0.1, 0.15) is 142 Å². The van der Waals surface area contributed by atoms with Crippen molar-refractivity contribution in [3.8, 4) is 0 Å². The maximum Gasteiger partial charge on any atom is 0.306 e. The molecular formula is C37H68O9. The summed E-state index contributed by atoms with van der Waals surface area (Å²) >= 11 is 0. The average molecular weight is 657 g/mol. The van der Waals surface area contributed by atoms with Gasteiger partial charge >= 0.3 is 5.97 Å². The summed E-state index contributed by atoms with van der Waals surface area (Å²) in [7, 11) is 0. The number of aliphatic hydroxyl groups excluding tert-OH is 4. The molecule has 0 bridgehead atoms. The molecule has 6 atom stereocenters. The van der Waals surface area contributed by atoms with E-state index in [2.05, 4.69) is 38.2 Å². The lowest BCUT2D eigenvalue weighted by Crippen LogP contribution is -2.59. The highest BCUT2D eigenvalue weighted by Gasteiger charge is 2.44. The van der Waals surface area contributed by atoms with Gasteiger partial charge in [-0.1, -0.05) is 122 Å². The van der Waals surface area contributed by atoms with Crippen molar-refractivity contribution in [3.63, 3.8) is 0 Å². The lowest BCUT2D eigenvalue weighted by atomic mass is 9.99. The number of hydrogen-bond acceptors (Lipinski definition) is 9. The fraction of sp³-hybridized carbons (Fsp3) is 0.865. The standard InChI is InChI=1S/C37H68O9/c1-3-5-7-9-11-13-14-15-16-17-18-19-21-23-25-27-43-29-31(45-33(39)26-24-22-20-12-10-8-6-4-2)30-44-37-36(42)35(41)34(40)32(28-38)46-37/h9,11,14-15,31-32,34-38,40-42H,3-8,10,12-13,16-30H2,1-2H3/b11-9-,15-14-. The summed E-state index contributed by atoms with van der Waals surface area (Å²) in [6.07, 6.45) is 23.5. The van der Waals surface area contributed by atoms with Crippen LogP contribution in [0.5, 0.6) is 0 Å². The average Bonchev–Trinajstić information content (AvgIpc) is 3.05. The quantitative estimate of drug-likeness (QED) is 0.0379. The van der Waals surface area contributed by atoms with E-state index >= 15 is 0 Å². The van der Waals surface area contributed by atoms with Crippen LogP contribution in [-0.2, 0) is 23.7 Å². The molecular weight excluding hydrogens is 588 g/mol. The largest absolute Gasteiger partial charge is 0.457 e. The van der Waals surface area contributed by atoms with E-state index in [9.17, 15) is 25.2 Å². The first kappa shape index (κ1) is 42.7. The van der Waals surface area contributed by atoms with Gasteiger partial charge in [0.25, 0.3) is 0 Å². The minimum Gasteiger partial charge on any atom is -0.457 e. The summed E-state index contributed by atoms with van der Waals surface area (Å²) in [5.41, 5.74) is 0. The Morgan fingerprint density at radius 1 is 0.696 bits per heavy atom. The monoisotopic (exact) mass is 656 g/mol. The second kappa shape index (κ2) is 29.8. The molecule has 1 heterocycles. The van der Waals surface area contributed by atoms with Crippen LogP contribution in [0, 0.1) is 0 Å². The zero-order valence-electron chi connectivity index (χ0n) is 29.1. The summed E-state index contributed by atoms with van der Waals surface area (Å²) in [6, 6.07) is 0. The number of esters is 1. The molecule has 1 aliphatic heterocycles. The number of unbranched alkanes of at least 4 members (excludes halogenated alkanes) is 15. The first-order valence-electron chi connectivity index (χ1n) is 18.4. The first-order valence-corrected chi connectivity index (χ1v) is 18.4. The smallest absolute Gasteiger partial charge is 0.306 e. The van der Waals surface area contributed by atoms with Crippen LogP contribution in [0.4, 0.5) is 0 Å². The van der Waals surface area contributed by atoms with Crippen molar-refractivity contribution >= 4 is 5.97 Å². The molecule has 6 unspecified atom stereocenters. The van der Waals surface area contributed by atoms with E-state index < -0.39 is 43.4 Å². The Bertz CT molecular complexity index is 757. The Hall–Kier alpha value is -1.33. The van der Waals surface area contributed by atoms with Gasteiger partial charge in [-0.3, -0.25) is 4.79 Å². The van der Waals surface area contributed by atoms with Gasteiger partial charge in [0.2, 0.25) is 0 Å². The molecule has 9 heteroatoms. The first-order chi connectivity index (χ1) is 22.4. The number of hydrogen-bond donors (Lipinski definition) is 4. The maximum atomic E-state index is 12.6. The molecule has 0 saturated carbocycles. The summed E-state index contributed by atoms with van der Waals surface area (Å²) < 4.78 is 22.6. The van der Waals surface area contributed by atoms with Crippen LogP contribution >= 0.6 is 0 Å². The van der Waals surface area contributed by atoms with E-state index in [4.69, 9.17) is 18.9 Å². The van der Waals surface area contributed by atoms with E-state index in [0.29, 0.717) is 13.0 Å². The molecule has 46 heavy (non-hydrogen) atoms. The van der Waals surface area contributed by atoms with Crippen molar-refractivity contribution in [1.29, 1.82) is 0 Å². The second-order valence-electron chi connectivity index (χ2n) is 12.7. The molecule has 1 rings (SSSR count). The van der Waals surface area contributed by atoms with Crippen molar-refractivity contribution in [1.82, 2.24) is 0 Å². The van der Waals surface area contributed by atoms with Gasteiger partial charge in [0.05, 0.1) is 19.8 Å². The molecule has 0 radical (unpaired) electrons. The fourth-order valence-electron chi connectivity index (χ4n) is 5.39. The minimum atomic E-state index is -1.53. The number of allylic oxidation sites excluding steroid dienone is 4. The van der Waals surface area contributed by atoms with Crippen LogP contribution in [-0.4, -0.2) is 89.6 Å². The summed E-state index contributed by atoms with van der Waals surface area (Å²) in [4.78, 5) is 12.6. The minimum absolute atomic E-state index is 0.116. The summed E-state index contributed by atoms with van der Waals surface area (Å²) in [5.74, 6) is -0.324. The molecule has 270 valence electrons. The molecule has 0 aliphatic carbocycles. The van der Waals surface area contributed by atoms with Gasteiger partial charge in [0.1, 0.15) is 30.5 Å². The Morgan fingerprint density at radius 2 is 1.28 bits per heavy atom. The highest BCUT2D eigenvalue weighted by molar-refractivity contribution is 5.69. The highest BCUT2D eigenvalue weighted by atomic mass is 16.7. The van der Waals surface area contributed by atoms with Crippen molar-refractivity contribution in [3.05, 3.63) is 24.3 Å². The Labute approximate surface area is 279 Å². The van der Waals surface area contributed by atoms with Gasteiger partial charge in [-0.2, -0.15) is 0 Å². The molecule has 0 amide bonds. The molecule has 0 aromatic rings. The lowest BCUT2D eigenvalue weighted by molar-refractivity contribution is -0.305. The third-order valence-corrected chi connectivity index (χ3v) is 8.37. The zero-order chi connectivity index (χ0) is 33.7. The Balaban J connectivity index is 2.33. The van der Waals surface area contributed by atoms with Crippen molar-refractivity contribution in [2.24, 2.45) is 0 Å². The van der Waals surface area contributed by atoms with Gasteiger partial charge in [0.15, 0.2) is 6.29 Å². The molecule has 0 aromatic carbocycles. The predicted molar refractivity (Wildman–Crippen MR) is 182 cm³/mol. The van der Waals surface area contributed by atoms with Gasteiger partial charge in [-0.25, -0.2) is 0 Å². The van der Waals surface area contributed by atoms with Gasteiger partial charge in [0, 0.05) is 13.0 Å². The lowest BCUT2D eigenvalue weighted by Gasteiger charge is -2.39. The van der Waals surface area contributed by atoms with E-state index in [1.165, 1.54) is 70.6 Å². The number of rotatable bonds is 30. The molecule has 1 aliphatic rings. The van der Waals surface area contributed by atoms with Crippen LogP contribution in [0.25, 0.3) is 0 Å². The Morgan fingerprint density at radius 3 is 1.93 bits per heavy atom. The highest BCUT2D eigenvalue weighted by Crippen LogP contribution is 2.22. The molecule has 9 nitrogen and oxygen atoms in total. The van der Waals surface area contributed by atoms with E-state index in [0.717, 1.165) is 51.4 Å². The Kier molecular flexibility index (Phi) is 27.6. The topological polar surface area (TPSA) is 135 Å². The van der Waals surface area contributed by atoms with E-state index in [1.807, 2.05) is 0 Å². The summed E-state index contributed by atoms with van der Waals surface area (Å²) in [5, 5.41) is 39.8. The van der Waals surface area contributed by atoms with E-state index in [-0.39, 0.29) is 19.2 Å².